The maximum absolute atomic E-state index is 15.1. The van der Waals surface area contributed by atoms with Crippen LogP contribution in [-0.2, 0) is 9.47 Å². The molecule has 0 saturated carbocycles. The molecule has 0 aromatic rings. The average molecular weight is 769 g/mol. The van der Waals surface area contributed by atoms with Crippen molar-refractivity contribution < 1.29 is 124 Å². The highest BCUT2D eigenvalue weighted by Gasteiger charge is 2.97. The van der Waals surface area contributed by atoms with Gasteiger partial charge in [-0.15, -0.1) is 22.2 Å². The van der Waals surface area contributed by atoms with Crippen molar-refractivity contribution in [2.45, 2.75) is 71.6 Å². The molecule has 0 aromatic carbocycles. The van der Waals surface area contributed by atoms with Gasteiger partial charge in [0.2, 0.25) is 0 Å². The molecule has 0 spiro atoms. The Bertz CT molecular complexity index is 897. The Kier molecular flexibility index (Phi) is 10.2. The fraction of sp³-hybridized carbons (Fsp3) is 1.00. The Hall–Kier alpha value is -1.10. The van der Waals surface area contributed by atoms with Crippen LogP contribution in [0, 0.1) is 0 Å². The summed E-state index contributed by atoms with van der Waals surface area (Å²) in [6, 6.07) is 0. The van der Waals surface area contributed by atoms with E-state index < -0.39 is 78.3 Å². The zero-order chi connectivity index (χ0) is 35.9. The molecule has 0 radical (unpaired) electrons. The van der Waals surface area contributed by atoms with Gasteiger partial charge in [0.1, 0.15) is 0 Å². The molecule has 0 aromatic heterocycles. The summed E-state index contributed by atoms with van der Waals surface area (Å²) in [6.45, 7) is -10.5. The summed E-state index contributed by atoms with van der Waals surface area (Å²) in [5.74, 6) is -35.3. The molecule has 0 aliphatic heterocycles. The lowest BCUT2D eigenvalue weighted by Gasteiger charge is -2.50. The van der Waals surface area contributed by atoms with Gasteiger partial charge < -0.3 is 0 Å². The van der Waals surface area contributed by atoms with Crippen molar-refractivity contribution in [1.29, 1.82) is 0 Å². The molecule has 0 aliphatic carbocycles. The first-order valence-electron chi connectivity index (χ1n) is 8.61. The van der Waals surface area contributed by atoms with Crippen LogP contribution < -0.4 is 0 Å². The predicted octanol–water partition coefficient (Wildman–Crippen LogP) is 9.33. The van der Waals surface area contributed by atoms with E-state index in [1.807, 2.05) is 0 Å². The van der Waals surface area contributed by atoms with Crippen molar-refractivity contribution in [1.82, 2.24) is 0 Å². The van der Waals surface area contributed by atoms with Gasteiger partial charge in [0.05, 0.1) is 0 Å². The largest absolute Gasteiger partial charge is 0.459 e. The minimum absolute atomic E-state index is 1.19. The van der Waals surface area contributed by atoms with E-state index in [0.717, 1.165) is 0 Å². The summed E-state index contributed by atoms with van der Waals surface area (Å²) in [5.41, 5.74) is -18.0. The lowest BCUT2D eigenvalue weighted by molar-refractivity contribution is -0.492. The van der Waals surface area contributed by atoms with Crippen LogP contribution in [0.4, 0.5) is 114 Å². The van der Waals surface area contributed by atoms with Crippen LogP contribution in [0.15, 0.2) is 0 Å². The second kappa shape index (κ2) is 10.5. The molecule has 2 atom stereocenters. The quantitative estimate of drug-likeness (QED) is 0.139. The number of halogens is 28. The lowest BCUT2D eigenvalue weighted by atomic mass is 10.2. The summed E-state index contributed by atoms with van der Waals surface area (Å²) in [7, 11) is 0. The SMILES string of the molecule is FC(F)(F)C(F)(F)C(F)(OC(F)(C(F)(F)F)C(F)(F)F)[Si](Cl)(Cl)C(F)(OC(F)(C(F)(F)F)C(F)(F)F)C(F)(F)C(F)(F)F. The number of ether oxygens (including phenoxy) is 2. The maximum atomic E-state index is 15.1. The normalized spacial score (nSPS) is 19.3. The van der Waals surface area contributed by atoms with Gasteiger partial charge in [0.25, 0.3) is 0 Å². The highest BCUT2D eigenvalue weighted by Crippen LogP contribution is 2.66. The topological polar surface area (TPSA) is 18.5 Å². The van der Waals surface area contributed by atoms with E-state index in [1.165, 1.54) is 9.47 Å². The lowest BCUT2D eigenvalue weighted by Crippen LogP contribution is -2.82. The molecular weight excluding hydrogens is 769 g/mol. The monoisotopic (exact) mass is 768 g/mol. The van der Waals surface area contributed by atoms with Gasteiger partial charge >= 0.3 is 78.3 Å². The van der Waals surface area contributed by atoms with E-state index >= 15 is 8.78 Å². The molecule has 0 fully saturated rings. The summed E-state index contributed by atoms with van der Waals surface area (Å²) in [4.78, 5) is 0. The number of alkyl halides is 26. The van der Waals surface area contributed by atoms with Crippen LogP contribution in [0.2, 0.25) is 0 Å². The fourth-order valence-corrected chi connectivity index (χ4v) is 6.07. The Morgan fingerprint density at radius 2 is 0.465 bits per heavy atom. The van der Waals surface area contributed by atoms with Gasteiger partial charge in [-0.05, 0) is 0 Å². The van der Waals surface area contributed by atoms with Gasteiger partial charge in [-0.3, -0.25) is 9.47 Å². The Labute approximate surface area is 225 Å². The van der Waals surface area contributed by atoms with Crippen molar-refractivity contribution in [2.24, 2.45) is 0 Å². The third kappa shape index (κ3) is 6.08. The molecule has 0 N–H and O–H groups in total. The van der Waals surface area contributed by atoms with Crippen molar-refractivity contribution in [2.75, 3.05) is 0 Å². The van der Waals surface area contributed by atoms with E-state index in [2.05, 4.69) is 22.2 Å². The third-order valence-corrected chi connectivity index (χ3v) is 9.71. The molecule has 43 heavy (non-hydrogen) atoms. The first kappa shape index (κ1) is 41.9. The van der Waals surface area contributed by atoms with Crippen LogP contribution >= 0.6 is 22.2 Å². The second-order valence-electron chi connectivity index (χ2n) is 7.29. The first-order valence-corrected chi connectivity index (χ1v) is 12.6. The van der Waals surface area contributed by atoms with Crippen molar-refractivity contribution in [3.63, 3.8) is 0 Å². The van der Waals surface area contributed by atoms with Crippen LogP contribution in [0.25, 0.3) is 0 Å². The van der Waals surface area contributed by atoms with E-state index in [0.29, 0.717) is 0 Å². The number of hydrogen-bond acceptors (Lipinski definition) is 2. The smallest absolute Gasteiger partial charge is 0.289 e. The molecule has 31 heteroatoms. The summed E-state index contributed by atoms with van der Waals surface area (Å²) in [6.07, 6.45) is -50.7. The molecule has 0 amide bonds. The van der Waals surface area contributed by atoms with Crippen molar-refractivity contribution in [3.05, 3.63) is 0 Å². The van der Waals surface area contributed by atoms with Gasteiger partial charge in [0.15, 0.2) is 0 Å². The van der Waals surface area contributed by atoms with E-state index in [9.17, 15) is 105 Å². The van der Waals surface area contributed by atoms with Crippen LogP contribution in [0.1, 0.15) is 0 Å². The minimum atomic E-state index is -10.5. The summed E-state index contributed by atoms with van der Waals surface area (Å²) < 4.78 is 346. The number of rotatable bonds is 8. The van der Waals surface area contributed by atoms with Crippen LogP contribution in [-0.4, -0.2) is 78.3 Å². The molecule has 0 aliphatic rings. The minimum Gasteiger partial charge on any atom is -0.289 e. The molecular formula is C12Cl2F26O2Si. The fourth-order valence-electron chi connectivity index (χ4n) is 2.16. The Morgan fingerprint density at radius 1 is 0.302 bits per heavy atom. The Morgan fingerprint density at radius 3 is 0.581 bits per heavy atom. The summed E-state index contributed by atoms with van der Waals surface area (Å²) >= 11 is 7.77. The van der Waals surface area contributed by atoms with Crippen molar-refractivity contribution in [3.8, 4) is 0 Å². The van der Waals surface area contributed by atoms with E-state index in [1.54, 1.807) is 0 Å². The van der Waals surface area contributed by atoms with E-state index in [4.69, 9.17) is 0 Å². The predicted molar refractivity (Wildman–Crippen MR) is 81.2 cm³/mol. The van der Waals surface area contributed by atoms with Crippen LogP contribution in [0.3, 0.4) is 0 Å². The zero-order valence-electron chi connectivity index (χ0n) is 17.9. The van der Waals surface area contributed by atoms with E-state index in [-0.39, 0.29) is 0 Å². The first-order chi connectivity index (χ1) is 17.9. The maximum Gasteiger partial charge on any atom is 0.459 e. The van der Waals surface area contributed by atoms with Gasteiger partial charge in [0, 0.05) is 0 Å². The molecule has 0 heterocycles. The van der Waals surface area contributed by atoms with Crippen LogP contribution in [0.5, 0.6) is 0 Å². The number of hydrogen-bond donors (Lipinski definition) is 0. The third-order valence-electron chi connectivity index (χ3n) is 4.35. The highest BCUT2D eigenvalue weighted by molar-refractivity contribution is 7.47. The molecule has 2 unspecified atom stereocenters. The van der Waals surface area contributed by atoms with Gasteiger partial charge in [-0.2, -0.15) is 105 Å². The highest BCUT2D eigenvalue weighted by atomic mass is 35.7. The molecule has 0 bridgehead atoms. The molecule has 2 nitrogen and oxygen atoms in total. The van der Waals surface area contributed by atoms with Gasteiger partial charge in [-0.25, -0.2) is 8.78 Å². The second-order valence-corrected chi connectivity index (χ2v) is 13.7. The molecule has 260 valence electrons. The summed E-state index contributed by atoms with van der Waals surface area (Å²) in [5, 5.41) is 0. The molecule has 0 rings (SSSR count). The Balaban J connectivity index is 8.59. The molecule has 0 saturated heterocycles. The zero-order valence-corrected chi connectivity index (χ0v) is 20.4. The standard InChI is InChI=1S/C12Cl2F26O2Si/c13-43(14,11(39,1(15,16)5(21,22)23)41-3(19,7(27,28)29)8(30,31)32)12(40,2(17,18)6(24,25)26)42-4(20,9(33,34)35)10(36,37)38. The average Bonchev–Trinajstić information content (AvgIpc) is 2.67. The van der Waals surface area contributed by atoms with Gasteiger partial charge in [-0.1, -0.05) is 0 Å². The van der Waals surface area contributed by atoms with Crippen molar-refractivity contribution >= 4 is 28.9 Å².